The van der Waals surface area contributed by atoms with E-state index < -0.39 is 0 Å². The first kappa shape index (κ1) is 12.4. The molecule has 0 unspecified atom stereocenters. The Bertz CT molecular complexity index is 556. The van der Waals surface area contributed by atoms with Crippen molar-refractivity contribution in [3.05, 3.63) is 27.6 Å². The third-order valence-electron chi connectivity index (χ3n) is 2.26. The van der Waals surface area contributed by atoms with Crippen LogP contribution in [0.2, 0.25) is 0 Å². The van der Waals surface area contributed by atoms with Gasteiger partial charge in [0.1, 0.15) is 5.69 Å². The summed E-state index contributed by atoms with van der Waals surface area (Å²) in [6, 6.07) is 3.87. The van der Waals surface area contributed by atoms with Crippen molar-refractivity contribution in [1.82, 2.24) is 19.7 Å². The van der Waals surface area contributed by atoms with Crippen molar-refractivity contribution in [3.8, 4) is 11.5 Å². The average molecular weight is 313 g/mol. The third kappa shape index (κ3) is 2.81. The van der Waals surface area contributed by atoms with Crippen LogP contribution < -0.4 is 0 Å². The lowest BCUT2D eigenvalue weighted by atomic mass is 10.2. The summed E-state index contributed by atoms with van der Waals surface area (Å²) < 4.78 is 3.57. The van der Waals surface area contributed by atoms with E-state index in [9.17, 15) is 0 Å². The number of aromatic amines is 1. The minimum absolute atomic E-state index is 0.508. The number of halogens is 1. The zero-order valence-electron chi connectivity index (χ0n) is 9.64. The van der Waals surface area contributed by atoms with E-state index in [4.69, 9.17) is 12.2 Å². The fourth-order valence-electron chi connectivity index (χ4n) is 1.56. The number of hydrogen-bond donors (Lipinski definition) is 1. The lowest BCUT2D eigenvalue weighted by molar-refractivity contribution is 0.521. The number of nitrogens with zero attached hydrogens (tertiary/aromatic N) is 3. The summed E-state index contributed by atoms with van der Waals surface area (Å²) in [6.07, 6.45) is 1.76. The largest absolute Gasteiger partial charge is 0.299 e. The van der Waals surface area contributed by atoms with Crippen LogP contribution in [-0.2, 0) is 6.54 Å². The van der Waals surface area contributed by atoms with Gasteiger partial charge in [0, 0.05) is 17.2 Å². The highest BCUT2D eigenvalue weighted by Gasteiger charge is 2.10. The molecule has 0 aliphatic carbocycles. The molecule has 0 radical (unpaired) electrons. The van der Waals surface area contributed by atoms with Crippen molar-refractivity contribution in [2.75, 3.05) is 0 Å². The van der Waals surface area contributed by atoms with Gasteiger partial charge in [0.15, 0.2) is 10.6 Å². The van der Waals surface area contributed by atoms with Gasteiger partial charge >= 0.3 is 0 Å². The van der Waals surface area contributed by atoms with E-state index in [1.165, 1.54) is 0 Å². The monoisotopic (exact) mass is 312 g/mol. The van der Waals surface area contributed by atoms with Crippen molar-refractivity contribution in [2.45, 2.75) is 20.4 Å². The first-order chi connectivity index (χ1) is 8.08. The van der Waals surface area contributed by atoms with E-state index in [-0.39, 0.29) is 0 Å². The molecule has 0 saturated carbocycles. The summed E-state index contributed by atoms with van der Waals surface area (Å²) in [5, 5.41) is 7.06. The van der Waals surface area contributed by atoms with Crippen LogP contribution in [0.3, 0.4) is 0 Å². The number of hydrogen-bond acceptors (Lipinski definition) is 3. The molecule has 17 heavy (non-hydrogen) atoms. The van der Waals surface area contributed by atoms with Crippen molar-refractivity contribution in [3.63, 3.8) is 0 Å². The molecule has 0 amide bonds. The summed E-state index contributed by atoms with van der Waals surface area (Å²) in [5.41, 5.74) is 0.821. The maximum atomic E-state index is 5.22. The van der Waals surface area contributed by atoms with E-state index in [0.29, 0.717) is 10.7 Å². The maximum Gasteiger partial charge on any atom is 0.195 e. The molecule has 0 saturated heterocycles. The van der Waals surface area contributed by atoms with Crippen LogP contribution in [0.5, 0.6) is 0 Å². The molecule has 0 aromatic carbocycles. The molecule has 0 fully saturated rings. The summed E-state index contributed by atoms with van der Waals surface area (Å²) in [5.74, 6) is 1.30. The van der Waals surface area contributed by atoms with E-state index in [0.717, 1.165) is 22.5 Å². The first-order valence-electron chi connectivity index (χ1n) is 5.35. The summed E-state index contributed by atoms with van der Waals surface area (Å²) in [6.45, 7) is 5.13. The Morgan fingerprint density at radius 2 is 2.24 bits per heavy atom. The number of H-pyrrole nitrogens is 1. The van der Waals surface area contributed by atoms with Crippen LogP contribution in [0, 0.1) is 10.7 Å². The molecule has 2 aromatic heterocycles. The van der Waals surface area contributed by atoms with Crippen LogP contribution >= 0.6 is 28.1 Å². The Hall–Kier alpha value is -1.01. The molecule has 2 aromatic rings. The molecule has 6 heteroatoms. The second-order valence-corrected chi connectivity index (χ2v) is 5.52. The Balaban J connectivity index is 2.45. The van der Waals surface area contributed by atoms with Gasteiger partial charge in [0.25, 0.3) is 0 Å². The topological polar surface area (TPSA) is 46.5 Å². The van der Waals surface area contributed by atoms with Gasteiger partial charge in [-0.15, -0.1) is 0 Å². The van der Waals surface area contributed by atoms with Crippen LogP contribution in [-0.4, -0.2) is 19.7 Å². The quantitative estimate of drug-likeness (QED) is 0.883. The molecule has 0 atom stereocenters. The minimum atomic E-state index is 0.508. The van der Waals surface area contributed by atoms with Crippen molar-refractivity contribution < 1.29 is 0 Å². The average Bonchev–Trinajstić information content (AvgIpc) is 2.61. The molecule has 0 bridgehead atoms. The third-order valence-corrected chi connectivity index (χ3v) is 3.04. The Kier molecular flexibility index (Phi) is 3.73. The van der Waals surface area contributed by atoms with Gasteiger partial charge in [-0.3, -0.25) is 14.6 Å². The molecule has 0 aliphatic heterocycles. The zero-order chi connectivity index (χ0) is 12.4. The molecular formula is C11H13BrN4S. The van der Waals surface area contributed by atoms with Gasteiger partial charge in [0.05, 0.1) is 0 Å². The van der Waals surface area contributed by atoms with E-state index >= 15 is 0 Å². The van der Waals surface area contributed by atoms with Crippen molar-refractivity contribution >= 4 is 28.1 Å². The van der Waals surface area contributed by atoms with Crippen LogP contribution in [0.25, 0.3) is 11.5 Å². The fraction of sp³-hybridized carbons (Fsp3) is 0.364. The molecule has 90 valence electrons. The molecule has 2 rings (SSSR count). The van der Waals surface area contributed by atoms with E-state index in [1.54, 1.807) is 6.20 Å². The molecule has 1 N–H and O–H groups in total. The normalized spacial score (nSPS) is 11.1. The second-order valence-electron chi connectivity index (χ2n) is 4.22. The smallest absolute Gasteiger partial charge is 0.195 e. The molecule has 0 aliphatic rings. The number of nitrogens with one attached hydrogen (secondary N) is 1. The fourth-order valence-corrected chi connectivity index (χ4v) is 2.00. The lowest BCUT2D eigenvalue weighted by Gasteiger charge is -2.08. The van der Waals surface area contributed by atoms with Crippen molar-refractivity contribution in [2.24, 2.45) is 5.92 Å². The van der Waals surface area contributed by atoms with Gasteiger partial charge in [-0.2, -0.15) is 5.10 Å². The standard InChI is InChI=1S/C11H13BrN4S/c1-7(2)6-16-10(14-15-11(16)17)9-4-3-8(12)5-13-9/h3-5,7H,6H2,1-2H3,(H,15,17). The highest BCUT2D eigenvalue weighted by molar-refractivity contribution is 9.10. The SMILES string of the molecule is CC(C)Cn1c(-c2ccc(Br)cn2)n[nH]c1=S. The molecular weight excluding hydrogens is 300 g/mol. The molecule has 4 nitrogen and oxygen atoms in total. The molecule has 0 spiro atoms. The van der Waals surface area contributed by atoms with E-state index in [2.05, 4.69) is 45.0 Å². The van der Waals surface area contributed by atoms with Crippen LogP contribution in [0.4, 0.5) is 0 Å². The summed E-state index contributed by atoms with van der Waals surface area (Å²) in [4.78, 5) is 4.33. The van der Waals surface area contributed by atoms with Gasteiger partial charge in [-0.1, -0.05) is 13.8 Å². The van der Waals surface area contributed by atoms with Crippen LogP contribution in [0.1, 0.15) is 13.8 Å². The van der Waals surface area contributed by atoms with Gasteiger partial charge < -0.3 is 0 Å². The number of aromatic nitrogens is 4. The number of pyridine rings is 1. The lowest BCUT2D eigenvalue weighted by Crippen LogP contribution is -2.06. The first-order valence-corrected chi connectivity index (χ1v) is 6.55. The Labute approximate surface area is 113 Å². The Morgan fingerprint density at radius 3 is 2.82 bits per heavy atom. The number of rotatable bonds is 3. The van der Waals surface area contributed by atoms with Gasteiger partial charge in [-0.25, -0.2) is 0 Å². The summed E-state index contributed by atoms with van der Waals surface area (Å²) >= 11 is 8.59. The predicted molar refractivity (Wildman–Crippen MR) is 73.2 cm³/mol. The van der Waals surface area contributed by atoms with Gasteiger partial charge in [0.2, 0.25) is 0 Å². The maximum absolute atomic E-state index is 5.22. The zero-order valence-corrected chi connectivity index (χ0v) is 12.0. The molecule has 2 heterocycles. The predicted octanol–water partition coefficient (Wildman–Crippen LogP) is 3.42. The summed E-state index contributed by atoms with van der Waals surface area (Å²) in [7, 11) is 0. The highest BCUT2D eigenvalue weighted by Crippen LogP contribution is 2.18. The highest BCUT2D eigenvalue weighted by atomic mass is 79.9. The Morgan fingerprint density at radius 1 is 1.47 bits per heavy atom. The second kappa shape index (κ2) is 5.10. The minimum Gasteiger partial charge on any atom is -0.299 e. The van der Waals surface area contributed by atoms with Gasteiger partial charge in [-0.05, 0) is 46.2 Å². The van der Waals surface area contributed by atoms with Crippen LogP contribution in [0.15, 0.2) is 22.8 Å². The van der Waals surface area contributed by atoms with E-state index in [1.807, 2.05) is 16.7 Å². The van der Waals surface area contributed by atoms with Crippen molar-refractivity contribution in [1.29, 1.82) is 0 Å².